The number of aromatic nitrogens is 2. The van der Waals surface area contributed by atoms with E-state index in [1.807, 2.05) is 5.01 Å². The molecule has 1 aromatic heterocycles. The van der Waals surface area contributed by atoms with Crippen molar-refractivity contribution in [3.63, 3.8) is 0 Å². The van der Waals surface area contributed by atoms with E-state index in [2.05, 4.69) is 16.9 Å². The molecule has 2 fully saturated rings. The molecule has 0 N–H and O–H groups in total. The van der Waals surface area contributed by atoms with Crippen LogP contribution in [-0.4, -0.2) is 68.6 Å². The monoisotopic (exact) mass is 591 g/mol. The Hall–Kier alpha value is -2.86. The SMILES string of the molecule is CCCCCN1CCN(N2C(=O)S/C(=C\c3ccc4c(cnn4Cc4ccc(Cl)cc4C(F)(F)F)c3)C2=O)CC1. The van der Waals surface area contributed by atoms with Crippen LogP contribution in [0.1, 0.15) is 42.9 Å². The van der Waals surface area contributed by atoms with E-state index in [0.29, 0.717) is 34.5 Å². The number of hydrogen-bond acceptors (Lipinski definition) is 6. The van der Waals surface area contributed by atoms with Crippen LogP contribution < -0.4 is 0 Å². The van der Waals surface area contributed by atoms with Gasteiger partial charge in [0.2, 0.25) is 0 Å². The predicted octanol–water partition coefficient (Wildman–Crippen LogP) is 6.52. The first-order chi connectivity index (χ1) is 19.1. The summed E-state index contributed by atoms with van der Waals surface area (Å²) in [5.74, 6) is -0.340. The molecule has 0 spiro atoms. The molecule has 40 heavy (non-hydrogen) atoms. The zero-order valence-electron chi connectivity index (χ0n) is 22.0. The number of imide groups is 1. The van der Waals surface area contributed by atoms with Crippen molar-refractivity contribution in [3.8, 4) is 0 Å². The Bertz CT molecular complexity index is 1450. The first-order valence-electron chi connectivity index (χ1n) is 13.2. The van der Waals surface area contributed by atoms with Gasteiger partial charge in [-0.15, -0.1) is 0 Å². The quantitative estimate of drug-likeness (QED) is 0.220. The number of alkyl halides is 3. The molecular formula is C28H29ClF3N5O2S. The van der Waals surface area contributed by atoms with Crippen molar-refractivity contribution in [3.05, 3.63) is 69.2 Å². The van der Waals surface area contributed by atoms with E-state index in [-0.39, 0.29) is 28.3 Å². The number of carbonyl (C=O) groups is 2. The lowest BCUT2D eigenvalue weighted by Gasteiger charge is -2.37. The van der Waals surface area contributed by atoms with Gasteiger partial charge in [-0.05, 0) is 66.2 Å². The zero-order valence-corrected chi connectivity index (χ0v) is 23.5. The molecular weight excluding hydrogens is 563 g/mol. The zero-order chi connectivity index (χ0) is 28.4. The minimum Gasteiger partial charge on any atom is -0.301 e. The summed E-state index contributed by atoms with van der Waals surface area (Å²) < 4.78 is 42.1. The molecule has 2 aromatic carbocycles. The maximum Gasteiger partial charge on any atom is 0.416 e. The lowest BCUT2D eigenvalue weighted by molar-refractivity contribution is -0.138. The summed E-state index contributed by atoms with van der Waals surface area (Å²) in [6.45, 7) is 5.98. The second kappa shape index (κ2) is 11.9. The molecule has 12 heteroatoms. The average molecular weight is 592 g/mol. The van der Waals surface area contributed by atoms with Crippen molar-refractivity contribution in [2.45, 2.75) is 38.9 Å². The van der Waals surface area contributed by atoms with E-state index < -0.39 is 11.7 Å². The Morgan fingerprint density at radius 1 is 1.05 bits per heavy atom. The van der Waals surface area contributed by atoms with Crippen molar-refractivity contribution in [2.75, 3.05) is 32.7 Å². The van der Waals surface area contributed by atoms with E-state index in [0.717, 1.165) is 43.9 Å². The highest BCUT2D eigenvalue weighted by Crippen LogP contribution is 2.36. The number of rotatable bonds is 8. The molecule has 2 amide bonds. The normalized spacial score (nSPS) is 18.5. The van der Waals surface area contributed by atoms with Gasteiger partial charge in [0, 0.05) is 36.6 Å². The number of thioether (sulfide) groups is 1. The highest BCUT2D eigenvalue weighted by atomic mass is 35.5. The Kier molecular flexibility index (Phi) is 8.55. The van der Waals surface area contributed by atoms with E-state index >= 15 is 0 Å². The molecule has 2 aliphatic heterocycles. The van der Waals surface area contributed by atoms with Gasteiger partial charge in [-0.2, -0.15) is 23.3 Å². The molecule has 0 radical (unpaired) electrons. The van der Waals surface area contributed by atoms with Crippen LogP contribution in [0.15, 0.2) is 47.5 Å². The molecule has 0 atom stereocenters. The summed E-state index contributed by atoms with van der Waals surface area (Å²) in [6, 6.07) is 9.01. The Morgan fingerprint density at radius 2 is 1.82 bits per heavy atom. The fourth-order valence-corrected chi connectivity index (χ4v) is 6.05. The highest BCUT2D eigenvalue weighted by molar-refractivity contribution is 8.18. The van der Waals surface area contributed by atoms with Crippen molar-refractivity contribution in [2.24, 2.45) is 0 Å². The maximum absolute atomic E-state index is 13.5. The smallest absolute Gasteiger partial charge is 0.301 e. The Morgan fingerprint density at radius 3 is 2.55 bits per heavy atom. The lowest BCUT2D eigenvalue weighted by Crippen LogP contribution is -2.55. The maximum atomic E-state index is 13.5. The fourth-order valence-electron chi connectivity index (χ4n) is 5.03. The lowest BCUT2D eigenvalue weighted by atomic mass is 10.1. The van der Waals surface area contributed by atoms with Crippen LogP contribution in [0, 0.1) is 0 Å². The summed E-state index contributed by atoms with van der Waals surface area (Å²) >= 11 is 6.71. The molecule has 2 saturated heterocycles. The second-order valence-corrected chi connectivity index (χ2v) is 11.3. The van der Waals surface area contributed by atoms with Crippen molar-refractivity contribution < 1.29 is 22.8 Å². The molecule has 3 heterocycles. The first kappa shape index (κ1) is 28.7. The standard InChI is InChI=1S/C28H29ClF3N5O2S/c1-2-3-4-9-34-10-12-35(13-11-34)37-26(38)25(40-27(37)39)15-19-5-8-24-21(14-19)17-33-36(24)18-20-6-7-22(29)16-23(20)28(30,31)32/h5-8,14-17H,2-4,9-13,18H2,1H3/b25-15-. The van der Waals surface area contributed by atoms with E-state index in [1.54, 1.807) is 30.5 Å². The number of piperazine rings is 1. The predicted molar refractivity (Wildman–Crippen MR) is 151 cm³/mol. The molecule has 0 aliphatic carbocycles. The van der Waals surface area contributed by atoms with Crippen molar-refractivity contribution in [1.29, 1.82) is 0 Å². The van der Waals surface area contributed by atoms with Gasteiger partial charge in [-0.1, -0.05) is 43.5 Å². The van der Waals surface area contributed by atoms with Crippen LogP contribution in [0.2, 0.25) is 5.02 Å². The summed E-state index contributed by atoms with van der Waals surface area (Å²) in [5, 5.41) is 7.77. The Labute approximate surface area is 239 Å². The number of amides is 2. The van der Waals surface area contributed by atoms with Crippen LogP contribution in [-0.2, 0) is 17.5 Å². The van der Waals surface area contributed by atoms with Gasteiger partial charge in [0.25, 0.3) is 5.91 Å². The highest BCUT2D eigenvalue weighted by Gasteiger charge is 2.40. The van der Waals surface area contributed by atoms with Crippen LogP contribution in [0.5, 0.6) is 0 Å². The number of unbranched alkanes of at least 4 members (excludes halogenated alkanes) is 2. The number of fused-ring (bicyclic) bond motifs is 1. The Balaban J connectivity index is 1.29. The largest absolute Gasteiger partial charge is 0.416 e. The summed E-state index contributed by atoms with van der Waals surface area (Å²) in [7, 11) is 0. The molecule has 0 saturated carbocycles. The molecule has 2 aliphatic rings. The number of carbonyl (C=O) groups excluding carboxylic acids is 2. The van der Waals surface area contributed by atoms with Crippen LogP contribution in [0.25, 0.3) is 17.0 Å². The first-order valence-corrected chi connectivity index (χ1v) is 14.4. The van der Waals surface area contributed by atoms with Crippen molar-refractivity contribution in [1.82, 2.24) is 24.7 Å². The number of nitrogens with zero attached hydrogens (tertiary/aromatic N) is 5. The molecule has 3 aromatic rings. The number of halogens is 4. The molecule has 7 nitrogen and oxygen atoms in total. The van der Waals surface area contributed by atoms with Crippen LogP contribution >= 0.6 is 23.4 Å². The van der Waals surface area contributed by atoms with Gasteiger partial charge in [0.05, 0.1) is 28.7 Å². The minimum atomic E-state index is -4.54. The van der Waals surface area contributed by atoms with Crippen molar-refractivity contribution >= 4 is 51.5 Å². The van der Waals surface area contributed by atoms with Gasteiger partial charge < -0.3 is 4.90 Å². The van der Waals surface area contributed by atoms with Gasteiger partial charge in [0.15, 0.2) is 0 Å². The van der Waals surface area contributed by atoms with Gasteiger partial charge >= 0.3 is 11.4 Å². The average Bonchev–Trinajstić information content (AvgIpc) is 3.44. The van der Waals surface area contributed by atoms with E-state index in [9.17, 15) is 22.8 Å². The van der Waals surface area contributed by atoms with Gasteiger partial charge in [-0.25, -0.2) is 5.01 Å². The number of benzene rings is 2. The summed E-state index contributed by atoms with van der Waals surface area (Å²) in [6.07, 6.45) is 2.22. The fraction of sp³-hybridized carbons (Fsp3) is 0.393. The van der Waals surface area contributed by atoms with E-state index in [1.165, 1.54) is 34.7 Å². The third kappa shape index (κ3) is 6.22. The topological polar surface area (TPSA) is 61.7 Å². The molecule has 0 bridgehead atoms. The summed E-state index contributed by atoms with van der Waals surface area (Å²) in [5.41, 5.74) is 0.598. The minimum absolute atomic E-state index is 0.0140. The van der Waals surface area contributed by atoms with Crippen LogP contribution in [0.3, 0.4) is 0 Å². The third-order valence-corrected chi connectivity index (χ3v) is 8.24. The van der Waals surface area contributed by atoms with Crippen LogP contribution in [0.4, 0.5) is 18.0 Å². The molecule has 5 rings (SSSR count). The third-order valence-electron chi connectivity index (χ3n) is 7.14. The van der Waals surface area contributed by atoms with Gasteiger partial charge in [-0.3, -0.25) is 14.3 Å². The summed E-state index contributed by atoms with van der Waals surface area (Å²) in [4.78, 5) is 28.6. The molecule has 212 valence electrons. The van der Waals surface area contributed by atoms with E-state index in [4.69, 9.17) is 11.6 Å². The second-order valence-electron chi connectivity index (χ2n) is 9.92. The molecule has 0 unspecified atom stereocenters. The number of hydrazine groups is 1. The van der Waals surface area contributed by atoms with Gasteiger partial charge in [0.1, 0.15) is 0 Å². The number of hydrogen-bond donors (Lipinski definition) is 0.